The summed E-state index contributed by atoms with van der Waals surface area (Å²) in [5, 5.41) is 11.0. The van der Waals surface area contributed by atoms with Crippen molar-refractivity contribution in [2.24, 2.45) is 0 Å². The van der Waals surface area contributed by atoms with Gasteiger partial charge in [-0.25, -0.2) is 14.4 Å². The zero-order chi connectivity index (χ0) is 25.4. The SMILES string of the molecule is COc1ccc(F)cc1C(C)(C)CC(O)(Cc1cc2nc(-c3ccccc3)ncc2[nH]1)C(F)(F)F. The van der Waals surface area contributed by atoms with E-state index in [2.05, 4.69) is 15.0 Å². The fraction of sp³-hybridized carbons (Fsp3) is 0.308. The number of nitrogens with one attached hydrogen (secondary N) is 1. The Labute approximate surface area is 199 Å². The van der Waals surface area contributed by atoms with Gasteiger partial charge in [-0.1, -0.05) is 44.2 Å². The number of H-pyrrole nitrogens is 1. The second kappa shape index (κ2) is 8.96. The van der Waals surface area contributed by atoms with Gasteiger partial charge in [0.25, 0.3) is 0 Å². The third kappa shape index (κ3) is 5.00. The zero-order valence-electron chi connectivity index (χ0n) is 19.4. The number of aromatic nitrogens is 3. The molecule has 2 aromatic heterocycles. The summed E-state index contributed by atoms with van der Waals surface area (Å²) in [6, 6.07) is 14.3. The van der Waals surface area contributed by atoms with Gasteiger partial charge in [-0.3, -0.25) is 0 Å². The predicted molar refractivity (Wildman–Crippen MR) is 125 cm³/mol. The van der Waals surface area contributed by atoms with Crippen LogP contribution in [0.4, 0.5) is 17.6 Å². The van der Waals surface area contributed by atoms with Crippen molar-refractivity contribution < 1.29 is 27.4 Å². The lowest BCUT2D eigenvalue weighted by molar-refractivity contribution is -0.266. The van der Waals surface area contributed by atoms with Crippen LogP contribution in [-0.2, 0) is 11.8 Å². The first kappa shape index (κ1) is 24.7. The Bertz CT molecular complexity index is 1340. The average Bonchev–Trinajstić information content (AvgIpc) is 3.19. The number of halogens is 4. The standard InChI is InChI=1S/C26H25F4N3O2/c1-24(2,19-11-17(27)9-10-22(19)35-3)15-25(34,26(28,29)30)13-18-12-20-21(32-18)14-31-23(33-20)16-7-5-4-6-8-16/h4-12,14,32,34H,13,15H2,1-3H3. The molecule has 184 valence electrons. The average molecular weight is 487 g/mol. The summed E-state index contributed by atoms with van der Waals surface area (Å²) in [4.78, 5) is 11.6. The summed E-state index contributed by atoms with van der Waals surface area (Å²) in [6.07, 6.45) is -4.92. The van der Waals surface area contributed by atoms with Crippen molar-refractivity contribution in [2.45, 2.75) is 43.9 Å². The molecule has 0 spiro atoms. The van der Waals surface area contributed by atoms with Crippen LogP contribution in [0.3, 0.4) is 0 Å². The van der Waals surface area contributed by atoms with Crippen molar-refractivity contribution in [3.8, 4) is 17.1 Å². The summed E-state index contributed by atoms with van der Waals surface area (Å²) >= 11 is 0. The maximum atomic E-state index is 14.2. The number of nitrogens with zero attached hydrogens (tertiary/aromatic N) is 2. The maximum Gasteiger partial charge on any atom is 0.417 e. The molecule has 4 aromatic rings. The summed E-state index contributed by atoms with van der Waals surface area (Å²) < 4.78 is 61.9. The van der Waals surface area contributed by atoms with Crippen molar-refractivity contribution in [3.63, 3.8) is 0 Å². The van der Waals surface area contributed by atoms with Crippen LogP contribution in [0, 0.1) is 5.82 Å². The van der Waals surface area contributed by atoms with Gasteiger partial charge in [0, 0.05) is 23.2 Å². The molecule has 0 aliphatic heterocycles. The van der Waals surface area contributed by atoms with Crippen molar-refractivity contribution in [3.05, 3.63) is 77.9 Å². The molecule has 35 heavy (non-hydrogen) atoms. The lowest BCUT2D eigenvalue weighted by atomic mass is 9.73. The normalized spacial score (nSPS) is 14.2. The summed E-state index contributed by atoms with van der Waals surface area (Å²) in [7, 11) is 1.36. The van der Waals surface area contributed by atoms with E-state index >= 15 is 0 Å². The van der Waals surface area contributed by atoms with Crippen LogP contribution in [0.2, 0.25) is 0 Å². The molecule has 0 fully saturated rings. The minimum atomic E-state index is -4.96. The molecule has 0 aliphatic carbocycles. The Kier molecular flexibility index (Phi) is 6.31. The zero-order valence-corrected chi connectivity index (χ0v) is 19.4. The van der Waals surface area contributed by atoms with E-state index in [1.54, 1.807) is 0 Å². The van der Waals surface area contributed by atoms with E-state index in [9.17, 15) is 22.7 Å². The van der Waals surface area contributed by atoms with E-state index in [0.717, 1.165) is 11.6 Å². The third-order valence-corrected chi connectivity index (χ3v) is 6.09. The smallest absolute Gasteiger partial charge is 0.417 e. The number of aliphatic hydroxyl groups is 1. The predicted octanol–water partition coefficient (Wildman–Crippen LogP) is 5.98. The Hall–Kier alpha value is -3.46. The molecule has 1 atom stereocenters. The highest BCUT2D eigenvalue weighted by Crippen LogP contribution is 2.45. The summed E-state index contributed by atoms with van der Waals surface area (Å²) in [5.74, 6) is 0.0807. The summed E-state index contributed by atoms with van der Waals surface area (Å²) in [5.41, 5.74) is -2.33. The minimum absolute atomic E-state index is 0.154. The number of rotatable bonds is 7. The van der Waals surface area contributed by atoms with Gasteiger partial charge in [-0.05, 0) is 36.1 Å². The number of aromatic amines is 1. The van der Waals surface area contributed by atoms with Crippen LogP contribution in [-0.4, -0.2) is 38.9 Å². The molecule has 9 heteroatoms. The highest BCUT2D eigenvalue weighted by molar-refractivity contribution is 5.77. The first-order valence-electron chi connectivity index (χ1n) is 10.9. The first-order chi connectivity index (χ1) is 16.4. The van der Waals surface area contributed by atoms with E-state index in [1.165, 1.54) is 45.4 Å². The Morgan fingerprint density at radius 3 is 2.40 bits per heavy atom. The van der Waals surface area contributed by atoms with Crippen LogP contribution < -0.4 is 4.74 Å². The number of ether oxygens (including phenoxy) is 1. The molecule has 0 aliphatic rings. The highest BCUT2D eigenvalue weighted by Gasteiger charge is 2.56. The molecular weight excluding hydrogens is 462 g/mol. The molecule has 4 rings (SSSR count). The van der Waals surface area contributed by atoms with Gasteiger partial charge in [-0.2, -0.15) is 13.2 Å². The topological polar surface area (TPSA) is 71.0 Å². The largest absolute Gasteiger partial charge is 0.496 e. The van der Waals surface area contributed by atoms with Gasteiger partial charge >= 0.3 is 6.18 Å². The van der Waals surface area contributed by atoms with Crippen LogP contribution >= 0.6 is 0 Å². The van der Waals surface area contributed by atoms with Gasteiger partial charge in [0.2, 0.25) is 0 Å². The van der Waals surface area contributed by atoms with E-state index in [-0.39, 0.29) is 17.0 Å². The highest BCUT2D eigenvalue weighted by atomic mass is 19.4. The van der Waals surface area contributed by atoms with Gasteiger partial charge in [-0.15, -0.1) is 0 Å². The van der Waals surface area contributed by atoms with Crippen molar-refractivity contribution >= 4 is 11.0 Å². The van der Waals surface area contributed by atoms with E-state index < -0.39 is 35.9 Å². The number of alkyl halides is 3. The van der Waals surface area contributed by atoms with Gasteiger partial charge in [0.1, 0.15) is 11.6 Å². The Morgan fingerprint density at radius 2 is 1.74 bits per heavy atom. The second-order valence-corrected chi connectivity index (χ2v) is 9.26. The summed E-state index contributed by atoms with van der Waals surface area (Å²) in [6.45, 7) is 3.04. The molecule has 2 aromatic carbocycles. The van der Waals surface area contributed by atoms with Crippen LogP contribution in [0.15, 0.2) is 60.8 Å². The van der Waals surface area contributed by atoms with Crippen LogP contribution in [0.1, 0.15) is 31.5 Å². The number of benzene rings is 2. The lowest BCUT2D eigenvalue weighted by Gasteiger charge is -2.38. The second-order valence-electron chi connectivity index (χ2n) is 9.26. The molecule has 5 nitrogen and oxygen atoms in total. The van der Waals surface area contributed by atoms with Gasteiger partial charge in [0.15, 0.2) is 11.4 Å². The number of hydrogen-bond acceptors (Lipinski definition) is 4. The molecular formula is C26H25F4N3O2. The fourth-order valence-electron chi connectivity index (χ4n) is 4.41. The molecule has 0 saturated carbocycles. The quantitative estimate of drug-likeness (QED) is 0.315. The van der Waals surface area contributed by atoms with Crippen LogP contribution in [0.25, 0.3) is 22.4 Å². The molecule has 2 heterocycles. The van der Waals surface area contributed by atoms with Gasteiger partial charge < -0.3 is 14.8 Å². The number of methoxy groups -OCH3 is 1. The van der Waals surface area contributed by atoms with E-state index in [4.69, 9.17) is 4.74 Å². The molecule has 2 N–H and O–H groups in total. The minimum Gasteiger partial charge on any atom is -0.496 e. The molecule has 1 unspecified atom stereocenters. The molecule has 0 saturated heterocycles. The van der Waals surface area contributed by atoms with E-state index in [1.807, 2.05) is 30.3 Å². The molecule has 0 amide bonds. The third-order valence-electron chi connectivity index (χ3n) is 6.09. The Morgan fingerprint density at radius 1 is 1.03 bits per heavy atom. The monoisotopic (exact) mass is 487 g/mol. The van der Waals surface area contributed by atoms with Crippen molar-refractivity contribution in [1.29, 1.82) is 0 Å². The Balaban J connectivity index is 1.68. The van der Waals surface area contributed by atoms with Gasteiger partial charge in [0.05, 0.1) is 24.3 Å². The number of fused-ring (bicyclic) bond motifs is 1. The van der Waals surface area contributed by atoms with Crippen LogP contribution in [0.5, 0.6) is 5.75 Å². The lowest BCUT2D eigenvalue weighted by Crippen LogP contribution is -2.51. The first-order valence-corrected chi connectivity index (χ1v) is 10.9. The maximum absolute atomic E-state index is 14.2. The van der Waals surface area contributed by atoms with E-state index in [0.29, 0.717) is 16.9 Å². The molecule has 0 bridgehead atoms. The fourth-order valence-corrected chi connectivity index (χ4v) is 4.41. The number of hydrogen-bond donors (Lipinski definition) is 2. The van der Waals surface area contributed by atoms with Crippen molar-refractivity contribution in [2.75, 3.05) is 7.11 Å². The van der Waals surface area contributed by atoms with Crippen molar-refractivity contribution in [1.82, 2.24) is 15.0 Å². The molecule has 0 radical (unpaired) electrons.